The molecule has 0 bridgehead atoms. The van der Waals surface area contributed by atoms with Crippen molar-refractivity contribution in [1.29, 1.82) is 0 Å². The Bertz CT molecular complexity index is 599. The molecule has 0 spiro atoms. The topological polar surface area (TPSA) is 85.9 Å². The van der Waals surface area contributed by atoms with Gasteiger partial charge >= 0.3 is 0 Å². The molecule has 0 aliphatic heterocycles. The van der Waals surface area contributed by atoms with Gasteiger partial charge in [-0.25, -0.2) is 0 Å². The number of carbonyl (C=O) groups is 2. The van der Waals surface area contributed by atoms with Crippen LogP contribution in [0.2, 0.25) is 0 Å². The van der Waals surface area contributed by atoms with Crippen LogP contribution in [-0.2, 0) is 4.79 Å². The zero-order chi connectivity index (χ0) is 18.9. The van der Waals surface area contributed by atoms with E-state index in [9.17, 15) is 9.59 Å². The lowest BCUT2D eigenvalue weighted by Crippen LogP contribution is -2.41. The fourth-order valence-corrected chi connectivity index (χ4v) is 3.18. The average Bonchev–Trinajstić information content (AvgIpc) is 2.93. The van der Waals surface area contributed by atoms with E-state index in [1.807, 2.05) is 0 Å². The van der Waals surface area contributed by atoms with Crippen molar-refractivity contribution in [2.75, 3.05) is 27.9 Å². The van der Waals surface area contributed by atoms with Crippen LogP contribution in [0.4, 0.5) is 0 Å². The lowest BCUT2D eigenvalue weighted by atomic mass is 10.1. The van der Waals surface area contributed by atoms with Crippen LogP contribution >= 0.6 is 0 Å². The molecule has 0 heterocycles. The molecule has 1 aromatic rings. The molecule has 144 valence electrons. The number of nitrogens with one attached hydrogen (secondary N) is 2. The minimum Gasteiger partial charge on any atom is -0.493 e. The molecule has 0 unspecified atom stereocenters. The fourth-order valence-electron chi connectivity index (χ4n) is 3.18. The summed E-state index contributed by atoms with van der Waals surface area (Å²) >= 11 is 0. The molecule has 1 aromatic carbocycles. The van der Waals surface area contributed by atoms with Gasteiger partial charge in [0.15, 0.2) is 11.5 Å². The molecule has 1 saturated carbocycles. The summed E-state index contributed by atoms with van der Waals surface area (Å²) in [6.07, 6.45) is 6.75. The van der Waals surface area contributed by atoms with Crippen LogP contribution in [0, 0.1) is 0 Å². The third-order valence-corrected chi connectivity index (χ3v) is 4.56. The van der Waals surface area contributed by atoms with Gasteiger partial charge in [0.05, 0.1) is 27.9 Å². The smallest absolute Gasteiger partial charge is 0.251 e. The highest BCUT2D eigenvalue weighted by Crippen LogP contribution is 2.38. The molecule has 1 fully saturated rings. The summed E-state index contributed by atoms with van der Waals surface area (Å²) in [6.45, 7) is -0.0635. The zero-order valence-electron chi connectivity index (χ0n) is 15.7. The Hall–Kier alpha value is -2.44. The molecule has 0 aromatic heterocycles. The van der Waals surface area contributed by atoms with Crippen molar-refractivity contribution in [1.82, 2.24) is 10.6 Å². The quantitative estimate of drug-likeness (QED) is 0.725. The van der Waals surface area contributed by atoms with Crippen molar-refractivity contribution in [3.05, 3.63) is 17.7 Å². The molecule has 7 nitrogen and oxygen atoms in total. The molecule has 0 radical (unpaired) electrons. The van der Waals surface area contributed by atoms with Gasteiger partial charge in [-0.1, -0.05) is 25.7 Å². The average molecular weight is 364 g/mol. The molecule has 26 heavy (non-hydrogen) atoms. The van der Waals surface area contributed by atoms with E-state index in [1.165, 1.54) is 34.2 Å². The lowest BCUT2D eigenvalue weighted by Gasteiger charge is -2.17. The van der Waals surface area contributed by atoms with Gasteiger partial charge < -0.3 is 24.8 Å². The Balaban J connectivity index is 1.95. The van der Waals surface area contributed by atoms with Gasteiger partial charge in [-0.15, -0.1) is 0 Å². The summed E-state index contributed by atoms with van der Waals surface area (Å²) in [4.78, 5) is 24.5. The SMILES string of the molecule is COc1cc(C(=O)NCC(=O)NC2CCCCCC2)cc(OC)c1OC. The molecule has 2 amide bonds. The molecule has 1 aliphatic carbocycles. The highest BCUT2D eigenvalue weighted by molar-refractivity contribution is 5.97. The number of benzene rings is 1. The molecule has 2 rings (SSSR count). The second-order valence-corrected chi connectivity index (χ2v) is 6.35. The first kappa shape index (κ1) is 19.9. The predicted molar refractivity (Wildman–Crippen MR) is 98.1 cm³/mol. The first-order valence-corrected chi connectivity index (χ1v) is 8.96. The minimum atomic E-state index is -0.375. The van der Waals surface area contributed by atoms with E-state index in [0.717, 1.165) is 25.7 Å². The van der Waals surface area contributed by atoms with Crippen LogP contribution in [-0.4, -0.2) is 45.7 Å². The second-order valence-electron chi connectivity index (χ2n) is 6.35. The van der Waals surface area contributed by atoms with Crippen molar-refractivity contribution < 1.29 is 23.8 Å². The summed E-state index contributed by atoms with van der Waals surface area (Å²) in [5.74, 6) is 0.649. The summed E-state index contributed by atoms with van der Waals surface area (Å²) in [5, 5.41) is 5.65. The highest BCUT2D eigenvalue weighted by atomic mass is 16.5. The van der Waals surface area contributed by atoms with Crippen LogP contribution in [0.1, 0.15) is 48.9 Å². The van der Waals surface area contributed by atoms with Gasteiger partial charge in [-0.3, -0.25) is 9.59 Å². The largest absolute Gasteiger partial charge is 0.493 e. The monoisotopic (exact) mass is 364 g/mol. The van der Waals surface area contributed by atoms with Crippen LogP contribution in [0.3, 0.4) is 0 Å². The summed E-state index contributed by atoms with van der Waals surface area (Å²) in [6, 6.07) is 3.32. The van der Waals surface area contributed by atoms with Gasteiger partial charge in [-0.2, -0.15) is 0 Å². The third-order valence-electron chi connectivity index (χ3n) is 4.56. The van der Waals surface area contributed by atoms with Gasteiger partial charge in [0.1, 0.15) is 0 Å². The third kappa shape index (κ3) is 5.28. The Morgan fingerprint density at radius 2 is 1.54 bits per heavy atom. The van der Waals surface area contributed by atoms with E-state index in [2.05, 4.69) is 10.6 Å². The lowest BCUT2D eigenvalue weighted by molar-refractivity contribution is -0.120. The number of rotatable bonds is 7. The first-order valence-electron chi connectivity index (χ1n) is 8.96. The van der Waals surface area contributed by atoms with E-state index in [0.29, 0.717) is 22.8 Å². The van der Waals surface area contributed by atoms with Gasteiger partial charge in [-0.05, 0) is 25.0 Å². The van der Waals surface area contributed by atoms with Crippen molar-refractivity contribution in [3.63, 3.8) is 0 Å². The number of hydrogen-bond donors (Lipinski definition) is 2. The van der Waals surface area contributed by atoms with Crippen LogP contribution in [0.15, 0.2) is 12.1 Å². The van der Waals surface area contributed by atoms with Crippen LogP contribution in [0.5, 0.6) is 17.2 Å². The van der Waals surface area contributed by atoms with Crippen molar-refractivity contribution in [2.24, 2.45) is 0 Å². The van der Waals surface area contributed by atoms with Gasteiger partial charge in [0.2, 0.25) is 11.7 Å². The molecule has 0 atom stereocenters. The minimum absolute atomic E-state index is 0.0635. The molecule has 1 aliphatic rings. The van der Waals surface area contributed by atoms with E-state index in [1.54, 1.807) is 12.1 Å². The maximum atomic E-state index is 12.4. The molecular weight excluding hydrogens is 336 g/mol. The summed E-state index contributed by atoms with van der Waals surface area (Å²) in [5.41, 5.74) is 0.335. The zero-order valence-corrected chi connectivity index (χ0v) is 15.7. The first-order chi connectivity index (χ1) is 12.6. The van der Waals surface area contributed by atoms with E-state index < -0.39 is 0 Å². The Morgan fingerprint density at radius 3 is 2.04 bits per heavy atom. The predicted octanol–water partition coefficient (Wildman–Crippen LogP) is 2.28. The standard InChI is InChI=1S/C19H28N2O5/c1-24-15-10-13(11-16(25-2)18(15)26-3)19(23)20-12-17(22)21-14-8-6-4-5-7-9-14/h10-11,14H,4-9,12H2,1-3H3,(H,20,23)(H,21,22). The van der Waals surface area contributed by atoms with Crippen molar-refractivity contribution in [2.45, 2.75) is 44.6 Å². The summed E-state index contributed by atoms with van der Waals surface area (Å²) < 4.78 is 15.7. The Kier molecular flexibility index (Phi) is 7.56. The number of methoxy groups -OCH3 is 3. The maximum Gasteiger partial charge on any atom is 0.251 e. The van der Waals surface area contributed by atoms with Gasteiger partial charge in [0.25, 0.3) is 5.91 Å². The van der Waals surface area contributed by atoms with E-state index in [4.69, 9.17) is 14.2 Å². The maximum absolute atomic E-state index is 12.4. The van der Waals surface area contributed by atoms with Crippen molar-refractivity contribution >= 4 is 11.8 Å². The summed E-state index contributed by atoms with van der Waals surface area (Å²) in [7, 11) is 4.47. The molecule has 7 heteroatoms. The second kappa shape index (κ2) is 9.89. The molecule has 2 N–H and O–H groups in total. The highest BCUT2D eigenvalue weighted by Gasteiger charge is 2.18. The number of amides is 2. The number of carbonyl (C=O) groups excluding carboxylic acids is 2. The Morgan fingerprint density at radius 1 is 0.962 bits per heavy atom. The van der Waals surface area contributed by atoms with E-state index >= 15 is 0 Å². The van der Waals surface area contributed by atoms with Crippen LogP contribution in [0.25, 0.3) is 0 Å². The number of hydrogen-bond acceptors (Lipinski definition) is 5. The molecular formula is C19H28N2O5. The van der Waals surface area contributed by atoms with Gasteiger partial charge in [0, 0.05) is 11.6 Å². The van der Waals surface area contributed by atoms with Crippen molar-refractivity contribution in [3.8, 4) is 17.2 Å². The van der Waals surface area contributed by atoms with E-state index in [-0.39, 0.29) is 24.4 Å². The number of ether oxygens (including phenoxy) is 3. The Labute approximate surface area is 154 Å². The fraction of sp³-hybridized carbons (Fsp3) is 0.579. The molecule has 0 saturated heterocycles. The van der Waals surface area contributed by atoms with Crippen LogP contribution < -0.4 is 24.8 Å². The normalized spacial score (nSPS) is 14.9.